The average molecular weight is 265 g/mol. The molecule has 0 atom stereocenters. The Labute approximate surface area is 115 Å². The monoisotopic (exact) mass is 265 g/mol. The molecule has 5 radical (unpaired) electrons. The van der Waals surface area contributed by atoms with Crippen molar-refractivity contribution in [2.75, 3.05) is 0 Å². The molecule has 0 unspecified atom stereocenters. The van der Waals surface area contributed by atoms with Crippen molar-refractivity contribution in [1.82, 2.24) is 0 Å². The van der Waals surface area contributed by atoms with E-state index in [1.165, 1.54) is 0 Å². The minimum atomic E-state index is -2.73. The summed E-state index contributed by atoms with van der Waals surface area (Å²) >= 11 is 0. The average Bonchev–Trinajstić information content (AvgIpc) is 3.03. The fourth-order valence-corrected chi connectivity index (χ4v) is 4.97. The van der Waals surface area contributed by atoms with Crippen LogP contribution in [0, 0.1) is 31.3 Å². The Morgan fingerprint density at radius 1 is 0.632 bits per heavy atom. The molecule has 19 heavy (non-hydrogen) atoms. The molecule has 0 saturated heterocycles. The fraction of sp³-hybridized carbons (Fsp3) is 0. The second-order valence-electron chi connectivity index (χ2n) is 4.42. The summed E-state index contributed by atoms with van der Waals surface area (Å²) in [5.41, 5.74) is 0.893. The van der Waals surface area contributed by atoms with Crippen LogP contribution in [0.2, 0.25) is 0 Å². The Bertz CT molecular complexity index is 527. The smallest absolute Gasteiger partial charge is 0.150 e. The van der Waals surface area contributed by atoms with Crippen LogP contribution < -0.4 is 10.6 Å². The van der Waals surface area contributed by atoms with Gasteiger partial charge in [-0.2, -0.15) is 0 Å². The molecule has 1 nitrogen and oxygen atoms in total. The van der Waals surface area contributed by atoms with Crippen LogP contribution >= 0.6 is 7.14 Å². The molecule has 0 spiro atoms. The van der Waals surface area contributed by atoms with Gasteiger partial charge in [-0.25, -0.2) is 0 Å². The van der Waals surface area contributed by atoms with Crippen LogP contribution in [-0.2, 0) is 4.57 Å². The van der Waals surface area contributed by atoms with E-state index >= 15 is 0 Å². The highest BCUT2D eigenvalue weighted by Crippen LogP contribution is 2.58. The van der Waals surface area contributed by atoms with Gasteiger partial charge in [-0.05, 0) is 25.7 Å². The topological polar surface area (TPSA) is 17.1 Å². The molecule has 0 amide bonds. The molecule has 0 N–H and O–H groups in total. The van der Waals surface area contributed by atoms with Gasteiger partial charge in [-0.15, -0.1) is 0 Å². The molecule has 1 saturated carbocycles. The van der Waals surface area contributed by atoms with Gasteiger partial charge < -0.3 is 4.57 Å². The van der Waals surface area contributed by atoms with Crippen LogP contribution in [0.25, 0.3) is 0 Å². The van der Waals surface area contributed by atoms with E-state index in [1.807, 2.05) is 86.3 Å². The first kappa shape index (κ1) is 12.7. The molecule has 2 aromatic carbocycles. The van der Waals surface area contributed by atoms with Crippen LogP contribution in [0.1, 0.15) is 0 Å². The second kappa shape index (κ2) is 5.35. The molecule has 2 aromatic rings. The Morgan fingerprint density at radius 3 is 1.47 bits per heavy atom. The largest absolute Gasteiger partial charge is 0.313 e. The van der Waals surface area contributed by atoms with Crippen molar-refractivity contribution in [3.63, 3.8) is 0 Å². The summed E-state index contributed by atoms with van der Waals surface area (Å²) in [5, 5.41) is 1.76. The SMILES string of the molecule is O=P([C]1[CH][CH][CH][CH]1)(c1ccccc1)c1ccccc1. The van der Waals surface area contributed by atoms with E-state index in [4.69, 9.17) is 0 Å². The number of hydrogen-bond acceptors (Lipinski definition) is 1. The van der Waals surface area contributed by atoms with Crippen molar-refractivity contribution < 1.29 is 4.57 Å². The van der Waals surface area contributed by atoms with E-state index in [9.17, 15) is 4.57 Å². The van der Waals surface area contributed by atoms with Crippen molar-refractivity contribution in [2.45, 2.75) is 0 Å². The minimum Gasteiger partial charge on any atom is -0.313 e. The molecule has 0 aliphatic heterocycles. The molecule has 1 aliphatic rings. The van der Waals surface area contributed by atoms with Crippen molar-refractivity contribution in [3.05, 3.63) is 92.0 Å². The van der Waals surface area contributed by atoms with Crippen LogP contribution in [-0.4, -0.2) is 0 Å². The van der Waals surface area contributed by atoms with Crippen LogP contribution in [0.5, 0.6) is 0 Å². The first-order valence-electron chi connectivity index (χ1n) is 6.25. The van der Waals surface area contributed by atoms with E-state index < -0.39 is 7.14 Å². The Hall–Kier alpha value is -1.33. The molecule has 1 aliphatic carbocycles. The highest BCUT2D eigenvalue weighted by Gasteiger charge is 2.39. The van der Waals surface area contributed by atoms with Gasteiger partial charge in [0.05, 0.1) is 5.66 Å². The van der Waals surface area contributed by atoms with Crippen molar-refractivity contribution in [2.24, 2.45) is 0 Å². The lowest BCUT2D eigenvalue weighted by Crippen LogP contribution is -2.20. The standard InChI is InChI=1S/C17H14OP/c18-19(17-13-7-8-14-17,15-9-3-1-4-10-15)16-11-5-2-6-12-16/h1-14H. The normalized spacial score (nSPS) is 16.6. The van der Waals surface area contributed by atoms with E-state index in [-0.39, 0.29) is 0 Å². The first-order valence-corrected chi connectivity index (χ1v) is 7.96. The molecule has 3 rings (SSSR count). The predicted octanol–water partition coefficient (Wildman–Crippen LogP) is 3.36. The highest BCUT2D eigenvalue weighted by atomic mass is 31.2. The quantitative estimate of drug-likeness (QED) is 0.778. The fourth-order valence-electron chi connectivity index (χ4n) is 2.30. The summed E-state index contributed by atoms with van der Waals surface area (Å²) in [6.45, 7) is 0. The third-order valence-corrected chi connectivity index (χ3v) is 6.32. The lowest BCUT2D eigenvalue weighted by atomic mass is 10.3. The van der Waals surface area contributed by atoms with Gasteiger partial charge in [0.1, 0.15) is 0 Å². The van der Waals surface area contributed by atoms with E-state index in [0.29, 0.717) is 0 Å². The van der Waals surface area contributed by atoms with Crippen molar-refractivity contribution >= 4 is 17.8 Å². The summed E-state index contributed by atoms with van der Waals surface area (Å²) in [6.07, 6.45) is 7.77. The summed E-state index contributed by atoms with van der Waals surface area (Å²) in [6, 6.07) is 19.4. The summed E-state index contributed by atoms with van der Waals surface area (Å²) < 4.78 is 13.7. The third kappa shape index (κ3) is 2.28. The highest BCUT2D eigenvalue weighted by molar-refractivity contribution is 7.81. The van der Waals surface area contributed by atoms with Crippen molar-refractivity contribution in [1.29, 1.82) is 0 Å². The molecular formula is C17H14OP. The number of rotatable bonds is 3. The first-order chi connectivity index (χ1) is 9.32. The zero-order valence-corrected chi connectivity index (χ0v) is 11.3. The zero-order valence-electron chi connectivity index (χ0n) is 10.4. The summed E-state index contributed by atoms with van der Waals surface area (Å²) in [7, 11) is -2.73. The zero-order chi connectivity index (χ0) is 13.1. The molecule has 0 aromatic heterocycles. The second-order valence-corrected chi connectivity index (χ2v) is 7.19. The van der Waals surface area contributed by atoms with Gasteiger partial charge in [0.25, 0.3) is 0 Å². The molecule has 1 fully saturated rings. The van der Waals surface area contributed by atoms with Gasteiger partial charge >= 0.3 is 0 Å². The maximum absolute atomic E-state index is 13.7. The molecule has 0 heterocycles. The lowest BCUT2D eigenvalue weighted by molar-refractivity contribution is 0.589. The number of benzene rings is 2. The van der Waals surface area contributed by atoms with Crippen LogP contribution in [0.3, 0.4) is 0 Å². The molecule has 93 valence electrons. The Morgan fingerprint density at radius 2 is 1.05 bits per heavy atom. The van der Waals surface area contributed by atoms with E-state index in [1.54, 1.807) is 0 Å². The third-order valence-electron chi connectivity index (χ3n) is 3.25. The van der Waals surface area contributed by atoms with Gasteiger partial charge in [0.15, 0.2) is 7.14 Å². The van der Waals surface area contributed by atoms with Gasteiger partial charge in [-0.3, -0.25) is 0 Å². The Balaban J connectivity index is 2.13. The van der Waals surface area contributed by atoms with E-state index in [0.717, 1.165) is 16.3 Å². The van der Waals surface area contributed by atoms with Gasteiger partial charge in [-0.1, -0.05) is 60.7 Å². The van der Waals surface area contributed by atoms with Crippen LogP contribution in [0.4, 0.5) is 0 Å². The van der Waals surface area contributed by atoms with Gasteiger partial charge in [0, 0.05) is 10.6 Å². The maximum atomic E-state index is 13.7. The molecule has 0 bridgehead atoms. The molecular weight excluding hydrogens is 251 g/mol. The van der Waals surface area contributed by atoms with E-state index in [2.05, 4.69) is 0 Å². The van der Waals surface area contributed by atoms with Gasteiger partial charge in [0.2, 0.25) is 0 Å². The summed E-state index contributed by atoms with van der Waals surface area (Å²) in [4.78, 5) is 0. The lowest BCUT2D eigenvalue weighted by Gasteiger charge is -2.24. The maximum Gasteiger partial charge on any atom is 0.150 e. The predicted molar refractivity (Wildman–Crippen MR) is 80.2 cm³/mol. The van der Waals surface area contributed by atoms with Crippen molar-refractivity contribution in [3.8, 4) is 0 Å². The number of hydrogen-bond donors (Lipinski definition) is 0. The Kier molecular flexibility index (Phi) is 3.57. The molecule has 2 heteroatoms. The summed E-state index contributed by atoms with van der Waals surface area (Å²) in [5.74, 6) is 0. The van der Waals surface area contributed by atoms with Crippen LogP contribution in [0.15, 0.2) is 60.7 Å². The minimum absolute atomic E-state index is 0.882.